The third-order valence-corrected chi connectivity index (χ3v) is 6.55. The Morgan fingerprint density at radius 2 is 1.79 bits per heavy atom. The van der Waals surface area contributed by atoms with Gasteiger partial charge in [0.25, 0.3) is 0 Å². The molecule has 1 N–H and O–H groups in total. The topological polar surface area (TPSA) is 77.0 Å². The second-order valence-electron chi connectivity index (χ2n) is 8.82. The van der Waals surface area contributed by atoms with Crippen molar-refractivity contribution in [2.75, 3.05) is 13.7 Å². The van der Waals surface area contributed by atoms with E-state index in [1.165, 1.54) is 0 Å². The Labute approximate surface area is 195 Å². The molecule has 0 saturated heterocycles. The lowest BCUT2D eigenvalue weighted by Gasteiger charge is -2.29. The quantitative estimate of drug-likeness (QED) is 0.536. The van der Waals surface area contributed by atoms with E-state index in [0.29, 0.717) is 18.3 Å². The molecule has 0 spiro atoms. The van der Waals surface area contributed by atoms with E-state index < -0.39 is 0 Å². The highest BCUT2D eigenvalue weighted by molar-refractivity contribution is 5.76. The molecular weight excluding hydrogens is 412 g/mol. The van der Waals surface area contributed by atoms with E-state index in [2.05, 4.69) is 15.3 Å². The van der Waals surface area contributed by atoms with Crippen LogP contribution in [0.4, 0.5) is 0 Å². The van der Waals surface area contributed by atoms with Crippen LogP contribution in [0.1, 0.15) is 55.1 Å². The molecule has 1 aromatic carbocycles. The number of methoxy groups -OCH3 is 1. The van der Waals surface area contributed by atoms with Gasteiger partial charge in [-0.25, -0.2) is 9.97 Å². The summed E-state index contributed by atoms with van der Waals surface area (Å²) in [5, 5.41) is 3.15. The molecule has 2 aromatic heterocycles. The smallest absolute Gasteiger partial charge is 0.220 e. The highest BCUT2D eigenvalue weighted by Gasteiger charge is 2.26. The monoisotopic (exact) mass is 444 g/mol. The second kappa shape index (κ2) is 11.0. The lowest BCUT2D eigenvalue weighted by atomic mass is 9.79. The molecule has 0 bridgehead atoms. The minimum atomic E-state index is 0.124. The molecule has 1 fully saturated rings. The highest BCUT2D eigenvalue weighted by atomic mass is 16.5. The number of ether oxygens (including phenoxy) is 1. The van der Waals surface area contributed by atoms with Crippen molar-refractivity contribution in [3.63, 3.8) is 0 Å². The summed E-state index contributed by atoms with van der Waals surface area (Å²) in [4.78, 5) is 25.7. The van der Waals surface area contributed by atoms with Gasteiger partial charge in [0.2, 0.25) is 5.91 Å². The molecule has 6 nitrogen and oxygen atoms in total. The normalized spacial score (nSPS) is 18.0. The van der Waals surface area contributed by atoms with E-state index in [1.54, 1.807) is 7.11 Å². The van der Waals surface area contributed by atoms with Crippen LogP contribution in [-0.4, -0.2) is 34.5 Å². The molecule has 1 aliphatic rings. The molecule has 6 heteroatoms. The van der Waals surface area contributed by atoms with E-state index in [9.17, 15) is 4.79 Å². The van der Waals surface area contributed by atoms with E-state index in [1.807, 2.05) is 61.9 Å². The molecule has 0 radical (unpaired) electrons. The van der Waals surface area contributed by atoms with Gasteiger partial charge in [-0.1, -0.05) is 12.1 Å². The minimum absolute atomic E-state index is 0.124. The maximum absolute atomic E-state index is 12.3. The number of hydrogen-bond donors (Lipinski definition) is 1. The van der Waals surface area contributed by atoms with Crippen molar-refractivity contribution in [2.45, 2.75) is 51.4 Å². The molecular formula is C27H32N4O2. The van der Waals surface area contributed by atoms with Crippen LogP contribution < -0.4 is 10.1 Å². The van der Waals surface area contributed by atoms with Crippen LogP contribution in [0.3, 0.4) is 0 Å². The Balaban J connectivity index is 1.26. The zero-order valence-corrected chi connectivity index (χ0v) is 19.5. The lowest BCUT2D eigenvalue weighted by Crippen LogP contribution is -2.31. The molecule has 172 valence electrons. The van der Waals surface area contributed by atoms with Crippen LogP contribution in [0, 0.1) is 12.8 Å². The number of amides is 1. The number of carbonyl (C=O) groups excluding carboxylic acids is 1. The summed E-state index contributed by atoms with van der Waals surface area (Å²) in [6.07, 6.45) is 11.2. The first kappa shape index (κ1) is 22.9. The van der Waals surface area contributed by atoms with E-state index >= 15 is 0 Å². The average molecular weight is 445 g/mol. The molecule has 0 unspecified atom stereocenters. The fourth-order valence-electron chi connectivity index (χ4n) is 4.59. The number of nitrogens with zero attached hydrogens (tertiary/aromatic N) is 3. The number of pyridine rings is 1. The fraction of sp³-hybridized carbons (Fsp3) is 0.407. The summed E-state index contributed by atoms with van der Waals surface area (Å²) in [6.45, 7) is 2.71. The van der Waals surface area contributed by atoms with Gasteiger partial charge in [-0.3, -0.25) is 9.78 Å². The van der Waals surface area contributed by atoms with E-state index in [-0.39, 0.29) is 5.91 Å². The maximum Gasteiger partial charge on any atom is 0.220 e. The van der Waals surface area contributed by atoms with Gasteiger partial charge in [0.05, 0.1) is 12.8 Å². The standard InChI is InChI=1S/C27H32N4O2/c1-19-29-18-25(22-13-15-28-16-14-22)27(31-19)23-8-3-21(4-9-23)17-30-26(32)12-7-20-5-10-24(33-2)11-6-20/h5-6,10-11,13-16,18,21,23H,3-4,7-9,12,17H2,1-2H3,(H,30,32). The Hall–Kier alpha value is -3.28. The Bertz CT molecular complexity index is 1050. The Morgan fingerprint density at radius 3 is 2.48 bits per heavy atom. The Morgan fingerprint density at radius 1 is 1.06 bits per heavy atom. The zero-order chi connectivity index (χ0) is 23.0. The molecule has 2 heterocycles. The van der Waals surface area contributed by atoms with Crippen molar-refractivity contribution in [3.8, 4) is 16.9 Å². The molecule has 1 saturated carbocycles. The van der Waals surface area contributed by atoms with Crippen molar-refractivity contribution >= 4 is 5.91 Å². The number of benzene rings is 1. The first-order chi connectivity index (χ1) is 16.1. The summed E-state index contributed by atoms with van der Waals surface area (Å²) in [5.41, 5.74) is 4.52. The molecule has 0 atom stereocenters. The lowest BCUT2D eigenvalue weighted by molar-refractivity contribution is -0.121. The van der Waals surface area contributed by atoms with Gasteiger partial charge in [-0.15, -0.1) is 0 Å². The summed E-state index contributed by atoms with van der Waals surface area (Å²) >= 11 is 0. The summed E-state index contributed by atoms with van der Waals surface area (Å²) in [5.74, 6) is 2.73. The largest absolute Gasteiger partial charge is 0.497 e. The Kier molecular flexibility index (Phi) is 7.66. The van der Waals surface area contributed by atoms with Crippen molar-refractivity contribution in [1.82, 2.24) is 20.3 Å². The third-order valence-electron chi connectivity index (χ3n) is 6.55. The van der Waals surface area contributed by atoms with Crippen LogP contribution >= 0.6 is 0 Å². The van der Waals surface area contributed by atoms with Crippen LogP contribution in [0.2, 0.25) is 0 Å². The van der Waals surface area contributed by atoms with E-state index in [4.69, 9.17) is 9.72 Å². The summed E-state index contributed by atoms with van der Waals surface area (Å²) in [6, 6.07) is 11.9. The van der Waals surface area contributed by atoms with Gasteiger partial charge >= 0.3 is 0 Å². The van der Waals surface area contributed by atoms with Gasteiger partial charge in [-0.05, 0) is 80.3 Å². The maximum atomic E-state index is 12.3. The van der Waals surface area contributed by atoms with Gasteiger partial charge in [0.15, 0.2) is 0 Å². The van der Waals surface area contributed by atoms with Crippen molar-refractivity contribution < 1.29 is 9.53 Å². The van der Waals surface area contributed by atoms with Gasteiger partial charge in [0, 0.05) is 43.0 Å². The molecule has 3 aromatic rings. The second-order valence-corrected chi connectivity index (χ2v) is 8.82. The van der Waals surface area contributed by atoms with Crippen LogP contribution in [-0.2, 0) is 11.2 Å². The first-order valence-electron chi connectivity index (χ1n) is 11.8. The van der Waals surface area contributed by atoms with Crippen molar-refractivity contribution in [3.05, 3.63) is 72.1 Å². The molecule has 1 amide bonds. The van der Waals surface area contributed by atoms with Gasteiger partial charge in [-0.2, -0.15) is 0 Å². The van der Waals surface area contributed by atoms with Gasteiger partial charge < -0.3 is 10.1 Å². The highest BCUT2D eigenvalue weighted by Crippen LogP contribution is 2.38. The first-order valence-corrected chi connectivity index (χ1v) is 11.8. The fourth-order valence-corrected chi connectivity index (χ4v) is 4.59. The molecule has 0 aliphatic heterocycles. The molecule has 33 heavy (non-hydrogen) atoms. The number of aryl methyl sites for hydroxylation is 2. The predicted octanol–water partition coefficient (Wildman–Crippen LogP) is 4.88. The summed E-state index contributed by atoms with van der Waals surface area (Å²) < 4.78 is 5.18. The van der Waals surface area contributed by atoms with Crippen LogP contribution in [0.15, 0.2) is 55.0 Å². The van der Waals surface area contributed by atoms with Crippen molar-refractivity contribution in [1.29, 1.82) is 0 Å². The van der Waals surface area contributed by atoms with Crippen molar-refractivity contribution in [2.24, 2.45) is 5.92 Å². The number of carbonyl (C=O) groups is 1. The SMILES string of the molecule is COc1ccc(CCC(=O)NCC2CCC(c3nc(C)ncc3-c3ccncc3)CC2)cc1. The predicted molar refractivity (Wildman–Crippen MR) is 129 cm³/mol. The number of hydrogen-bond acceptors (Lipinski definition) is 5. The van der Waals surface area contributed by atoms with Gasteiger partial charge in [0.1, 0.15) is 11.6 Å². The number of aromatic nitrogens is 3. The minimum Gasteiger partial charge on any atom is -0.497 e. The third kappa shape index (κ3) is 6.15. The summed E-state index contributed by atoms with van der Waals surface area (Å²) in [7, 11) is 1.66. The van der Waals surface area contributed by atoms with Crippen LogP contribution in [0.5, 0.6) is 5.75 Å². The van der Waals surface area contributed by atoms with Crippen LogP contribution in [0.25, 0.3) is 11.1 Å². The van der Waals surface area contributed by atoms with E-state index in [0.717, 1.165) is 72.6 Å². The number of rotatable bonds is 8. The molecule has 1 aliphatic carbocycles. The number of nitrogens with one attached hydrogen (secondary N) is 1. The molecule has 4 rings (SSSR count). The zero-order valence-electron chi connectivity index (χ0n) is 19.5. The average Bonchev–Trinajstić information content (AvgIpc) is 2.87.